The average molecular weight is 534 g/mol. The number of nitrogens with one attached hydrogen (secondary N) is 1. The molecule has 0 saturated carbocycles. The molecule has 1 aromatic carbocycles. The first-order valence-electron chi connectivity index (χ1n) is 9.12. The first-order valence-corrected chi connectivity index (χ1v) is 11.7. The molecule has 2 heterocycles. The van der Waals surface area contributed by atoms with Crippen molar-refractivity contribution < 1.29 is 8.42 Å². The Morgan fingerprint density at radius 2 is 1.82 bits per heavy atom. The van der Waals surface area contributed by atoms with Crippen LogP contribution in [-0.4, -0.2) is 64.8 Å². The molecule has 0 bridgehead atoms. The van der Waals surface area contributed by atoms with Gasteiger partial charge < -0.3 is 15.1 Å². The molecule has 1 aliphatic rings. The number of anilines is 1. The lowest BCUT2D eigenvalue weighted by atomic mass is 10.3. The normalized spacial score (nSPS) is 15.2. The highest BCUT2D eigenvalue weighted by molar-refractivity contribution is 14.0. The van der Waals surface area contributed by atoms with E-state index in [0.717, 1.165) is 32.1 Å². The van der Waals surface area contributed by atoms with Gasteiger partial charge in [0.15, 0.2) is 15.8 Å². The summed E-state index contributed by atoms with van der Waals surface area (Å²) in [4.78, 5) is 9.37. The molecular formula is C19H27IN4O2S2. The number of halogens is 1. The molecule has 0 aliphatic carbocycles. The van der Waals surface area contributed by atoms with Crippen molar-refractivity contribution in [1.82, 2.24) is 10.2 Å². The minimum Gasteiger partial charge on any atom is -0.360 e. The molecular weight excluding hydrogens is 507 g/mol. The third kappa shape index (κ3) is 6.08. The second-order valence-corrected chi connectivity index (χ2v) is 9.42. The predicted octanol–water partition coefficient (Wildman–Crippen LogP) is 2.93. The van der Waals surface area contributed by atoms with E-state index in [2.05, 4.69) is 37.6 Å². The van der Waals surface area contributed by atoms with E-state index in [0.29, 0.717) is 17.9 Å². The maximum Gasteiger partial charge on any atom is 0.193 e. The van der Waals surface area contributed by atoms with E-state index < -0.39 is 9.84 Å². The zero-order chi connectivity index (χ0) is 19.1. The number of hydrogen-bond donors (Lipinski definition) is 1. The third-order valence-electron chi connectivity index (χ3n) is 4.58. The highest BCUT2D eigenvalue weighted by Crippen LogP contribution is 2.22. The van der Waals surface area contributed by atoms with E-state index in [4.69, 9.17) is 0 Å². The number of hydrogen-bond acceptors (Lipinski definition) is 5. The van der Waals surface area contributed by atoms with Gasteiger partial charge in [0.1, 0.15) is 0 Å². The summed E-state index contributed by atoms with van der Waals surface area (Å²) in [6.07, 6.45) is 0.547. The summed E-state index contributed by atoms with van der Waals surface area (Å²) < 4.78 is 24.6. The molecule has 1 aromatic heterocycles. The molecule has 0 atom stereocenters. The summed E-state index contributed by atoms with van der Waals surface area (Å²) >= 11 is 1.77. The molecule has 1 saturated heterocycles. The average Bonchev–Trinajstić information content (AvgIpc) is 3.24. The Kier molecular flexibility index (Phi) is 9.03. The van der Waals surface area contributed by atoms with Crippen molar-refractivity contribution >= 4 is 56.1 Å². The van der Waals surface area contributed by atoms with Crippen LogP contribution in [0.1, 0.15) is 6.42 Å². The number of nitrogens with zero attached hydrogens (tertiary/aromatic N) is 3. The Hall–Kier alpha value is -1.33. The van der Waals surface area contributed by atoms with Crippen LogP contribution in [0.4, 0.5) is 5.00 Å². The van der Waals surface area contributed by atoms with Crippen LogP contribution >= 0.6 is 35.3 Å². The topological polar surface area (TPSA) is 65.0 Å². The lowest BCUT2D eigenvalue weighted by Crippen LogP contribution is -2.52. The van der Waals surface area contributed by atoms with Crippen LogP contribution in [0.2, 0.25) is 0 Å². The Bertz CT molecular complexity index is 834. The lowest BCUT2D eigenvalue weighted by molar-refractivity contribution is 0.373. The fourth-order valence-corrected chi connectivity index (χ4v) is 5.25. The molecule has 2 aromatic rings. The number of aliphatic imine (C=N–C) groups is 1. The quantitative estimate of drug-likeness (QED) is 0.267. The van der Waals surface area contributed by atoms with Crippen molar-refractivity contribution in [3.63, 3.8) is 0 Å². The lowest BCUT2D eigenvalue weighted by Gasteiger charge is -2.37. The van der Waals surface area contributed by atoms with Crippen LogP contribution in [-0.2, 0) is 9.84 Å². The number of rotatable bonds is 6. The van der Waals surface area contributed by atoms with Crippen LogP contribution in [0.25, 0.3) is 0 Å². The van der Waals surface area contributed by atoms with Gasteiger partial charge in [-0.05, 0) is 36.1 Å². The van der Waals surface area contributed by atoms with Gasteiger partial charge in [0.2, 0.25) is 0 Å². The van der Waals surface area contributed by atoms with Gasteiger partial charge >= 0.3 is 0 Å². The standard InChI is InChI=1S/C19H26N4O2S2.HI/c1-20-19(23-13-11-22(12-14-23)18-9-5-15-26-18)21-10-6-16-27(24,25)17-7-3-2-4-8-17;/h2-5,7-9,15H,6,10-14,16H2,1H3,(H,20,21);1H. The third-order valence-corrected chi connectivity index (χ3v) is 7.33. The molecule has 0 spiro atoms. The van der Waals surface area contributed by atoms with E-state index >= 15 is 0 Å². The van der Waals surface area contributed by atoms with Crippen LogP contribution < -0.4 is 10.2 Å². The first-order chi connectivity index (χ1) is 13.1. The number of piperazine rings is 1. The maximum absolute atomic E-state index is 12.3. The van der Waals surface area contributed by atoms with Crippen molar-refractivity contribution in [2.24, 2.45) is 4.99 Å². The minimum atomic E-state index is -3.22. The summed E-state index contributed by atoms with van der Waals surface area (Å²) in [5.74, 6) is 0.977. The summed E-state index contributed by atoms with van der Waals surface area (Å²) in [5, 5.41) is 6.72. The fraction of sp³-hybridized carbons (Fsp3) is 0.421. The van der Waals surface area contributed by atoms with E-state index in [-0.39, 0.29) is 29.7 Å². The second kappa shape index (κ2) is 11.0. The highest BCUT2D eigenvalue weighted by Gasteiger charge is 2.20. The Balaban J connectivity index is 0.00000280. The molecule has 9 heteroatoms. The molecule has 1 fully saturated rings. The van der Waals surface area contributed by atoms with Crippen molar-refractivity contribution in [2.45, 2.75) is 11.3 Å². The van der Waals surface area contributed by atoms with Crippen molar-refractivity contribution in [3.05, 3.63) is 47.8 Å². The van der Waals surface area contributed by atoms with Gasteiger partial charge in [0.25, 0.3) is 0 Å². The molecule has 0 unspecified atom stereocenters. The van der Waals surface area contributed by atoms with Crippen LogP contribution in [0.3, 0.4) is 0 Å². The van der Waals surface area contributed by atoms with Crippen LogP contribution in [0.15, 0.2) is 57.7 Å². The Morgan fingerprint density at radius 3 is 2.43 bits per heavy atom. The molecule has 6 nitrogen and oxygen atoms in total. The summed E-state index contributed by atoms with van der Waals surface area (Å²) in [5.41, 5.74) is 0. The SMILES string of the molecule is CN=C(NCCCS(=O)(=O)c1ccccc1)N1CCN(c2cccs2)CC1.I. The van der Waals surface area contributed by atoms with E-state index in [1.54, 1.807) is 42.6 Å². The molecule has 0 amide bonds. The fourth-order valence-electron chi connectivity index (χ4n) is 3.13. The summed E-state index contributed by atoms with van der Waals surface area (Å²) in [6.45, 7) is 4.32. The van der Waals surface area contributed by atoms with Gasteiger partial charge in [-0.3, -0.25) is 4.99 Å². The first kappa shape index (κ1) is 23.0. The van der Waals surface area contributed by atoms with Gasteiger partial charge in [0, 0.05) is 39.8 Å². The van der Waals surface area contributed by atoms with E-state index in [1.165, 1.54) is 5.00 Å². The molecule has 154 valence electrons. The van der Waals surface area contributed by atoms with Gasteiger partial charge in [-0.1, -0.05) is 18.2 Å². The second-order valence-electron chi connectivity index (χ2n) is 6.38. The van der Waals surface area contributed by atoms with Crippen LogP contribution in [0, 0.1) is 0 Å². The zero-order valence-corrected chi connectivity index (χ0v) is 19.9. The van der Waals surface area contributed by atoms with Crippen molar-refractivity contribution in [1.29, 1.82) is 0 Å². The predicted molar refractivity (Wildman–Crippen MR) is 128 cm³/mol. The van der Waals surface area contributed by atoms with Gasteiger partial charge in [-0.15, -0.1) is 35.3 Å². The molecule has 1 aliphatic heterocycles. The monoisotopic (exact) mass is 534 g/mol. The maximum atomic E-state index is 12.3. The van der Waals surface area contributed by atoms with Gasteiger partial charge in [-0.25, -0.2) is 8.42 Å². The Morgan fingerprint density at radius 1 is 1.11 bits per heavy atom. The van der Waals surface area contributed by atoms with Crippen molar-refractivity contribution in [2.75, 3.05) is 50.4 Å². The number of benzene rings is 1. The number of guanidine groups is 1. The molecule has 1 N–H and O–H groups in total. The molecule has 0 radical (unpaired) electrons. The minimum absolute atomic E-state index is 0. The van der Waals surface area contributed by atoms with E-state index in [9.17, 15) is 8.42 Å². The molecule has 3 rings (SSSR count). The van der Waals surface area contributed by atoms with E-state index in [1.807, 2.05) is 6.07 Å². The largest absolute Gasteiger partial charge is 0.360 e. The number of thiophene rings is 1. The molecule has 28 heavy (non-hydrogen) atoms. The zero-order valence-electron chi connectivity index (χ0n) is 16.0. The van der Waals surface area contributed by atoms with Gasteiger partial charge in [0.05, 0.1) is 15.6 Å². The van der Waals surface area contributed by atoms with Crippen LogP contribution in [0.5, 0.6) is 0 Å². The number of sulfone groups is 1. The summed E-state index contributed by atoms with van der Waals surface area (Å²) in [7, 11) is -1.45. The van der Waals surface area contributed by atoms with Gasteiger partial charge in [-0.2, -0.15) is 0 Å². The summed E-state index contributed by atoms with van der Waals surface area (Å²) in [6, 6.07) is 12.9. The van der Waals surface area contributed by atoms with Crippen molar-refractivity contribution in [3.8, 4) is 0 Å². The Labute approximate surface area is 188 Å². The highest BCUT2D eigenvalue weighted by atomic mass is 127. The smallest absolute Gasteiger partial charge is 0.193 e.